The van der Waals surface area contributed by atoms with Gasteiger partial charge in [0.2, 0.25) is 10.0 Å². The number of nitrogens with one attached hydrogen (secondary N) is 2. The lowest BCUT2D eigenvalue weighted by Crippen LogP contribution is -2.48. The van der Waals surface area contributed by atoms with E-state index in [1.165, 1.54) is 0 Å². The number of aromatic nitrogens is 2. The summed E-state index contributed by atoms with van der Waals surface area (Å²) >= 11 is 0. The molecular weight excluding hydrogens is 416 g/mol. The summed E-state index contributed by atoms with van der Waals surface area (Å²) in [7, 11) is -3.48. The monoisotopic (exact) mass is 446 g/mol. The number of para-hydroxylation sites is 1. The smallest absolute Gasteiger partial charge is 0.257 e. The third kappa shape index (κ3) is 4.12. The van der Waals surface area contributed by atoms with Gasteiger partial charge in [-0.1, -0.05) is 18.2 Å². The Morgan fingerprint density at radius 3 is 2.39 bits per heavy atom. The van der Waals surface area contributed by atoms with E-state index in [9.17, 15) is 13.2 Å². The molecule has 0 spiro atoms. The standard InChI is InChI=1S/C21H30N6O3S/c1-15-20(16(2)24-23-15)31(29,30)26-11-7-10-25(12-13-26)21(28)19-14-22-27(17(19)3)18-8-5-4-6-9-18/h4-6,8-9,14-16,20,23-24H,7,10-13H2,1-3H3. The highest BCUT2D eigenvalue weighted by Gasteiger charge is 2.43. The molecule has 0 bridgehead atoms. The summed E-state index contributed by atoms with van der Waals surface area (Å²) in [4.78, 5) is 15.0. The first-order valence-electron chi connectivity index (χ1n) is 10.7. The number of carbonyl (C=O) groups is 1. The topological polar surface area (TPSA) is 99.6 Å². The van der Waals surface area contributed by atoms with Crippen LogP contribution in [-0.2, 0) is 10.0 Å². The van der Waals surface area contributed by atoms with Crippen LogP contribution in [-0.4, -0.2) is 76.8 Å². The van der Waals surface area contributed by atoms with Gasteiger partial charge in [0.05, 0.1) is 23.1 Å². The minimum absolute atomic E-state index is 0.107. The van der Waals surface area contributed by atoms with E-state index < -0.39 is 15.3 Å². The van der Waals surface area contributed by atoms with Crippen molar-refractivity contribution >= 4 is 15.9 Å². The minimum Gasteiger partial charge on any atom is -0.337 e. The fourth-order valence-corrected chi connectivity index (χ4v) is 6.75. The van der Waals surface area contributed by atoms with Crippen LogP contribution in [0.3, 0.4) is 0 Å². The molecule has 1 aromatic heterocycles. The molecule has 10 heteroatoms. The van der Waals surface area contributed by atoms with Crippen LogP contribution in [0.25, 0.3) is 5.69 Å². The average molecular weight is 447 g/mol. The van der Waals surface area contributed by atoms with Crippen LogP contribution >= 0.6 is 0 Å². The number of hydrazine groups is 1. The van der Waals surface area contributed by atoms with Gasteiger partial charge in [0.15, 0.2) is 0 Å². The average Bonchev–Trinajstić information content (AvgIpc) is 3.18. The lowest BCUT2D eigenvalue weighted by atomic mass is 10.2. The molecule has 2 saturated heterocycles. The number of benzene rings is 1. The van der Waals surface area contributed by atoms with Crippen molar-refractivity contribution in [2.45, 2.75) is 44.5 Å². The number of hydrogen-bond donors (Lipinski definition) is 2. The summed E-state index contributed by atoms with van der Waals surface area (Å²) in [6.07, 6.45) is 2.20. The van der Waals surface area contributed by atoms with Crippen LogP contribution in [0.15, 0.2) is 36.5 Å². The minimum atomic E-state index is -3.48. The lowest BCUT2D eigenvalue weighted by molar-refractivity contribution is 0.0763. The van der Waals surface area contributed by atoms with Crippen molar-refractivity contribution in [3.63, 3.8) is 0 Å². The summed E-state index contributed by atoms with van der Waals surface area (Å²) in [6.45, 7) is 7.24. The van der Waals surface area contributed by atoms with Gasteiger partial charge in [-0.25, -0.2) is 13.1 Å². The molecule has 2 aliphatic heterocycles. The number of rotatable bonds is 4. The Balaban J connectivity index is 1.48. The molecular formula is C21H30N6O3S. The van der Waals surface area contributed by atoms with Crippen LogP contribution in [0, 0.1) is 6.92 Å². The number of nitrogens with zero attached hydrogens (tertiary/aromatic N) is 4. The highest BCUT2D eigenvalue weighted by atomic mass is 32.2. The molecule has 0 radical (unpaired) electrons. The maximum absolute atomic E-state index is 13.3. The summed E-state index contributed by atoms with van der Waals surface area (Å²) < 4.78 is 29.8. The molecule has 1 amide bonds. The van der Waals surface area contributed by atoms with Crippen molar-refractivity contribution in [3.05, 3.63) is 47.8 Å². The Hall–Kier alpha value is -2.27. The third-order valence-electron chi connectivity index (χ3n) is 6.21. The van der Waals surface area contributed by atoms with Gasteiger partial charge in [-0.3, -0.25) is 15.6 Å². The number of sulfonamides is 1. The summed E-state index contributed by atoms with van der Waals surface area (Å²) in [5.41, 5.74) is 8.26. The van der Waals surface area contributed by atoms with Gasteiger partial charge in [-0.05, 0) is 39.3 Å². The first kappa shape index (κ1) is 21.9. The highest BCUT2D eigenvalue weighted by molar-refractivity contribution is 7.89. The van der Waals surface area contributed by atoms with Gasteiger partial charge in [-0.15, -0.1) is 0 Å². The van der Waals surface area contributed by atoms with Crippen molar-refractivity contribution in [1.29, 1.82) is 0 Å². The van der Waals surface area contributed by atoms with Crippen LogP contribution in [0.1, 0.15) is 36.3 Å². The van der Waals surface area contributed by atoms with Crippen LogP contribution in [0.2, 0.25) is 0 Å². The Kier molecular flexibility index (Phi) is 6.16. The normalized spacial score (nSPS) is 25.5. The molecule has 0 saturated carbocycles. The van der Waals surface area contributed by atoms with Crippen molar-refractivity contribution in [2.75, 3.05) is 26.2 Å². The van der Waals surface area contributed by atoms with E-state index in [0.29, 0.717) is 38.2 Å². The van der Waals surface area contributed by atoms with Crippen LogP contribution < -0.4 is 10.9 Å². The molecule has 31 heavy (non-hydrogen) atoms. The number of amides is 1. The summed E-state index contributed by atoms with van der Waals surface area (Å²) in [5.74, 6) is -0.107. The highest BCUT2D eigenvalue weighted by Crippen LogP contribution is 2.22. The molecule has 1 aromatic carbocycles. The maximum atomic E-state index is 13.3. The zero-order chi connectivity index (χ0) is 22.2. The van der Waals surface area contributed by atoms with Crippen molar-refractivity contribution in [2.24, 2.45) is 0 Å². The summed E-state index contributed by atoms with van der Waals surface area (Å²) in [6, 6.07) is 9.33. The predicted molar refractivity (Wildman–Crippen MR) is 118 cm³/mol. The fraction of sp³-hybridized carbons (Fsp3) is 0.524. The van der Waals surface area contributed by atoms with Gasteiger partial charge < -0.3 is 4.90 Å². The van der Waals surface area contributed by atoms with E-state index in [-0.39, 0.29) is 18.0 Å². The van der Waals surface area contributed by atoms with Crippen molar-refractivity contribution in [3.8, 4) is 5.69 Å². The van der Waals surface area contributed by atoms with E-state index in [4.69, 9.17) is 0 Å². The van der Waals surface area contributed by atoms with Gasteiger partial charge >= 0.3 is 0 Å². The Labute approximate surface area is 183 Å². The second-order valence-corrected chi connectivity index (χ2v) is 10.4. The first-order valence-corrected chi connectivity index (χ1v) is 12.2. The molecule has 3 heterocycles. The van der Waals surface area contributed by atoms with Crippen LogP contribution in [0.5, 0.6) is 0 Å². The van der Waals surface area contributed by atoms with E-state index in [2.05, 4.69) is 16.0 Å². The second-order valence-electron chi connectivity index (χ2n) is 8.31. The van der Waals surface area contributed by atoms with Gasteiger partial charge in [-0.2, -0.15) is 9.40 Å². The van der Waals surface area contributed by atoms with Gasteiger partial charge in [0.25, 0.3) is 5.91 Å². The zero-order valence-corrected chi connectivity index (χ0v) is 19.0. The fourth-order valence-electron chi connectivity index (χ4n) is 4.52. The van der Waals surface area contributed by atoms with E-state index in [0.717, 1.165) is 11.4 Å². The largest absolute Gasteiger partial charge is 0.337 e. The van der Waals surface area contributed by atoms with Crippen molar-refractivity contribution < 1.29 is 13.2 Å². The second kappa shape index (κ2) is 8.70. The Morgan fingerprint density at radius 1 is 1.03 bits per heavy atom. The number of hydrogen-bond acceptors (Lipinski definition) is 6. The van der Waals surface area contributed by atoms with Gasteiger partial charge in [0.1, 0.15) is 5.25 Å². The lowest BCUT2D eigenvalue weighted by Gasteiger charge is -2.27. The zero-order valence-electron chi connectivity index (χ0n) is 18.2. The van der Waals surface area contributed by atoms with Crippen LogP contribution in [0.4, 0.5) is 0 Å². The molecule has 4 rings (SSSR count). The number of carbonyl (C=O) groups excluding carboxylic acids is 1. The van der Waals surface area contributed by atoms with Gasteiger partial charge in [0, 0.05) is 38.3 Å². The van der Waals surface area contributed by atoms with E-state index >= 15 is 0 Å². The third-order valence-corrected chi connectivity index (χ3v) is 8.80. The molecule has 168 valence electrons. The van der Waals surface area contributed by atoms with E-state index in [1.807, 2.05) is 51.1 Å². The molecule has 2 unspecified atom stereocenters. The Morgan fingerprint density at radius 2 is 1.71 bits per heavy atom. The summed E-state index contributed by atoms with van der Waals surface area (Å²) in [5, 5.41) is 3.87. The Bertz CT molecular complexity index is 1030. The molecule has 2 aromatic rings. The maximum Gasteiger partial charge on any atom is 0.257 e. The molecule has 9 nitrogen and oxygen atoms in total. The van der Waals surface area contributed by atoms with Crippen molar-refractivity contribution in [1.82, 2.24) is 29.8 Å². The molecule has 2 atom stereocenters. The molecule has 2 aliphatic rings. The SMILES string of the molecule is Cc1c(C(=O)N2CCCN(S(=O)(=O)C3C(C)NNC3C)CC2)cnn1-c1ccccc1. The molecule has 0 aliphatic carbocycles. The molecule has 2 N–H and O–H groups in total. The molecule has 2 fully saturated rings. The van der Waals surface area contributed by atoms with E-state index in [1.54, 1.807) is 20.1 Å². The first-order chi connectivity index (χ1) is 14.8. The predicted octanol–water partition coefficient (Wildman–Crippen LogP) is 0.912. The quantitative estimate of drug-likeness (QED) is 0.724.